The maximum atomic E-state index is 12.2. The molecule has 1 fully saturated rings. The van der Waals surface area contributed by atoms with Crippen LogP contribution in [0.1, 0.15) is 24.0 Å². The number of hydrogen-bond acceptors (Lipinski definition) is 5. The minimum absolute atomic E-state index is 0.104. The van der Waals surface area contributed by atoms with Gasteiger partial charge in [0.1, 0.15) is 0 Å². The van der Waals surface area contributed by atoms with E-state index >= 15 is 0 Å². The molecule has 0 amide bonds. The molecule has 1 heterocycles. The zero-order chi connectivity index (χ0) is 16.7. The highest BCUT2D eigenvalue weighted by Crippen LogP contribution is 2.16. The van der Waals surface area contributed by atoms with Crippen molar-refractivity contribution in [1.29, 1.82) is 5.26 Å². The lowest BCUT2D eigenvalue weighted by atomic mass is 10.2. The lowest BCUT2D eigenvalue weighted by molar-refractivity contribution is 0.141. The van der Waals surface area contributed by atoms with Gasteiger partial charge < -0.3 is 4.74 Å². The fourth-order valence-electron chi connectivity index (χ4n) is 2.85. The molecule has 1 aromatic rings. The molecule has 1 aromatic carbocycles. The van der Waals surface area contributed by atoms with Crippen molar-refractivity contribution < 1.29 is 13.2 Å². The van der Waals surface area contributed by atoms with E-state index in [9.17, 15) is 8.42 Å². The quantitative estimate of drug-likeness (QED) is 0.768. The fraction of sp³-hybridized carbons (Fsp3) is 0.562. The van der Waals surface area contributed by atoms with Crippen molar-refractivity contribution in [2.75, 3.05) is 33.4 Å². The van der Waals surface area contributed by atoms with E-state index in [0.29, 0.717) is 24.3 Å². The van der Waals surface area contributed by atoms with Crippen molar-refractivity contribution in [3.05, 3.63) is 35.4 Å². The maximum Gasteiger partial charge on any atom is 0.215 e. The molecule has 0 aliphatic carbocycles. The maximum absolute atomic E-state index is 12.2. The molecule has 0 aromatic heterocycles. The van der Waals surface area contributed by atoms with Gasteiger partial charge in [-0.15, -0.1) is 0 Å². The van der Waals surface area contributed by atoms with Gasteiger partial charge in [-0.2, -0.15) is 5.26 Å². The summed E-state index contributed by atoms with van der Waals surface area (Å²) in [6.45, 7) is 2.89. The number of benzene rings is 1. The molecule has 126 valence electrons. The molecule has 0 bridgehead atoms. The molecule has 7 heteroatoms. The minimum Gasteiger partial charge on any atom is -0.383 e. The van der Waals surface area contributed by atoms with Gasteiger partial charge in [0.2, 0.25) is 10.0 Å². The first-order valence-electron chi connectivity index (χ1n) is 7.73. The Morgan fingerprint density at radius 3 is 3.04 bits per heavy atom. The Balaban J connectivity index is 1.89. The molecule has 0 radical (unpaired) electrons. The molecule has 1 aliphatic rings. The number of methoxy groups -OCH3 is 1. The highest BCUT2D eigenvalue weighted by Gasteiger charge is 2.25. The SMILES string of the molecule is COCCN1CCC[C@H]1CNS(=O)(=O)Cc1cccc(C#N)c1. The topological polar surface area (TPSA) is 82.4 Å². The molecule has 0 spiro atoms. The van der Waals surface area contributed by atoms with Crippen LogP contribution in [0.3, 0.4) is 0 Å². The van der Waals surface area contributed by atoms with Crippen LogP contribution >= 0.6 is 0 Å². The number of hydrogen-bond donors (Lipinski definition) is 1. The van der Waals surface area contributed by atoms with Crippen LogP contribution in [0, 0.1) is 11.3 Å². The van der Waals surface area contributed by atoms with Crippen LogP contribution in [0.2, 0.25) is 0 Å². The van der Waals surface area contributed by atoms with Gasteiger partial charge >= 0.3 is 0 Å². The van der Waals surface area contributed by atoms with Gasteiger partial charge in [0.05, 0.1) is 24.0 Å². The Morgan fingerprint density at radius 1 is 1.48 bits per heavy atom. The largest absolute Gasteiger partial charge is 0.383 e. The molecule has 1 saturated heterocycles. The molecule has 1 N–H and O–H groups in total. The standard InChI is InChI=1S/C16H23N3O3S/c1-22-9-8-19-7-3-6-16(19)12-18-23(20,21)13-15-5-2-4-14(10-15)11-17/h2,4-5,10,16,18H,3,6-9,12-13H2,1H3/t16-/m0/s1. The van der Waals surface area contributed by atoms with Gasteiger partial charge in [-0.3, -0.25) is 4.90 Å². The number of sulfonamides is 1. The lowest BCUT2D eigenvalue weighted by Gasteiger charge is -2.24. The second-order valence-electron chi connectivity index (χ2n) is 5.74. The zero-order valence-corrected chi connectivity index (χ0v) is 14.2. The summed E-state index contributed by atoms with van der Waals surface area (Å²) in [5, 5.41) is 8.88. The van der Waals surface area contributed by atoms with Crippen molar-refractivity contribution in [2.24, 2.45) is 0 Å². The van der Waals surface area contributed by atoms with E-state index in [-0.39, 0.29) is 11.8 Å². The highest BCUT2D eigenvalue weighted by molar-refractivity contribution is 7.88. The number of nitriles is 1. The van der Waals surface area contributed by atoms with E-state index in [1.807, 2.05) is 6.07 Å². The van der Waals surface area contributed by atoms with Crippen LogP contribution in [-0.4, -0.2) is 52.7 Å². The van der Waals surface area contributed by atoms with Gasteiger partial charge in [0.25, 0.3) is 0 Å². The third-order valence-corrected chi connectivity index (χ3v) is 5.35. The molecule has 0 saturated carbocycles. The van der Waals surface area contributed by atoms with Crippen molar-refractivity contribution in [3.63, 3.8) is 0 Å². The number of nitrogens with one attached hydrogen (secondary N) is 1. The summed E-state index contributed by atoms with van der Waals surface area (Å²) in [6, 6.07) is 8.95. The van der Waals surface area contributed by atoms with Crippen LogP contribution < -0.4 is 4.72 Å². The predicted octanol–water partition coefficient (Wildman–Crippen LogP) is 1.09. The molecule has 1 atom stereocenters. The summed E-state index contributed by atoms with van der Waals surface area (Å²) in [6.07, 6.45) is 2.08. The van der Waals surface area contributed by atoms with Crippen LogP contribution in [0.4, 0.5) is 0 Å². The first-order chi connectivity index (χ1) is 11.0. The third kappa shape index (κ3) is 5.59. The molecule has 0 unspecified atom stereocenters. The molecule has 23 heavy (non-hydrogen) atoms. The molecule has 6 nitrogen and oxygen atoms in total. The first-order valence-corrected chi connectivity index (χ1v) is 9.38. The Bertz CT molecular complexity index is 655. The summed E-state index contributed by atoms with van der Waals surface area (Å²) in [4.78, 5) is 2.27. The van der Waals surface area contributed by atoms with Gasteiger partial charge in [0, 0.05) is 26.2 Å². The van der Waals surface area contributed by atoms with Crippen molar-refractivity contribution in [1.82, 2.24) is 9.62 Å². The van der Waals surface area contributed by atoms with E-state index in [2.05, 4.69) is 9.62 Å². The Morgan fingerprint density at radius 2 is 2.30 bits per heavy atom. The van der Waals surface area contributed by atoms with Crippen LogP contribution in [-0.2, 0) is 20.5 Å². The van der Waals surface area contributed by atoms with E-state index in [0.717, 1.165) is 25.9 Å². The van der Waals surface area contributed by atoms with Crippen LogP contribution in [0.5, 0.6) is 0 Å². The zero-order valence-electron chi connectivity index (χ0n) is 13.4. The predicted molar refractivity (Wildman–Crippen MR) is 88.3 cm³/mol. The van der Waals surface area contributed by atoms with Gasteiger partial charge in [-0.25, -0.2) is 13.1 Å². The summed E-state index contributed by atoms with van der Waals surface area (Å²) < 4.78 is 32.3. The Kier molecular flexibility index (Phi) is 6.54. The first kappa shape index (κ1) is 17.9. The van der Waals surface area contributed by atoms with Gasteiger partial charge in [-0.05, 0) is 37.1 Å². The van der Waals surface area contributed by atoms with Crippen molar-refractivity contribution >= 4 is 10.0 Å². The van der Waals surface area contributed by atoms with Gasteiger partial charge in [0.15, 0.2) is 0 Å². The summed E-state index contributed by atoms with van der Waals surface area (Å²) in [7, 11) is -1.74. The molecular weight excluding hydrogens is 314 g/mol. The second kappa shape index (κ2) is 8.41. The highest BCUT2D eigenvalue weighted by atomic mass is 32.2. The molecule has 1 aliphatic heterocycles. The number of ether oxygens (including phenoxy) is 1. The third-order valence-electron chi connectivity index (χ3n) is 4.03. The minimum atomic E-state index is -3.41. The molecule has 2 rings (SSSR count). The summed E-state index contributed by atoms with van der Waals surface area (Å²) >= 11 is 0. The van der Waals surface area contributed by atoms with Crippen LogP contribution in [0.15, 0.2) is 24.3 Å². The monoisotopic (exact) mass is 337 g/mol. The van der Waals surface area contributed by atoms with E-state index < -0.39 is 10.0 Å². The Hall–Kier alpha value is -1.46. The molecular formula is C16H23N3O3S. The Labute approximate surface area is 138 Å². The lowest BCUT2D eigenvalue weighted by Crippen LogP contribution is -2.41. The summed E-state index contributed by atoms with van der Waals surface area (Å²) in [5.41, 5.74) is 1.10. The van der Waals surface area contributed by atoms with Crippen molar-refractivity contribution in [3.8, 4) is 6.07 Å². The number of likely N-dealkylation sites (tertiary alicyclic amines) is 1. The van der Waals surface area contributed by atoms with Crippen molar-refractivity contribution in [2.45, 2.75) is 24.6 Å². The normalized spacial score (nSPS) is 18.9. The number of rotatable bonds is 8. The fourth-order valence-corrected chi connectivity index (χ4v) is 4.02. The number of nitrogens with zero attached hydrogens (tertiary/aromatic N) is 2. The average molecular weight is 337 g/mol. The summed E-state index contributed by atoms with van der Waals surface area (Å²) in [5.74, 6) is -0.104. The smallest absolute Gasteiger partial charge is 0.215 e. The second-order valence-corrected chi connectivity index (χ2v) is 7.55. The van der Waals surface area contributed by atoms with E-state index in [1.165, 1.54) is 0 Å². The van der Waals surface area contributed by atoms with E-state index in [1.54, 1.807) is 31.4 Å². The van der Waals surface area contributed by atoms with Gasteiger partial charge in [-0.1, -0.05) is 12.1 Å². The van der Waals surface area contributed by atoms with Crippen LogP contribution in [0.25, 0.3) is 0 Å². The average Bonchev–Trinajstić information content (AvgIpc) is 2.98. The van der Waals surface area contributed by atoms with E-state index in [4.69, 9.17) is 10.00 Å².